The zero-order chi connectivity index (χ0) is 65.0. The van der Waals surface area contributed by atoms with Crippen molar-refractivity contribution in [2.45, 2.75) is 262 Å². The van der Waals surface area contributed by atoms with Gasteiger partial charge in [-0.15, -0.1) is 0 Å². The molecule has 0 bridgehead atoms. The molecular formula is C77H109O13PS. The van der Waals surface area contributed by atoms with Crippen LogP contribution in [0.1, 0.15) is 209 Å². The van der Waals surface area contributed by atoms with Crippen molar-refractivity contribution in [2.75, 3.05) is 12.8 Å². The van der Waals surface area contributed by atoms with Crippen LogP contribution < -0.4 is 0 Å². The van der Waals surface area contributed by atoms with E-state index in [9.17, 15) is 14.2 Å². The molecule has 5 aromatic carbocycles. The smallest absolute Gasteiger partial charge is 0.325 e. The van der Waals surface area contributed by atoms with Crippen molar-refractivity contribution >= 4 is 31.6 Å². The van der Waals surface area contributed by atoms with E-state index in [-0.39, 0.29) is 63.0 Å². The maximum absolute atomic E-state index is 13.9. The van der Waals surface area contributed by atoms with Gasteiger partial charge in [0.15, 0.2) is 0 Å². The molecule has 1 aliphatic carbocycles. The van der Waals surface area contributed by atoms with Gasteiger partial charge in [-0.3, -0.25) is 14.2 Å². The van der Waals surface area contributed by atoms with Gasteiger partial charge in [-0.25, -0.2) is 0 Å². The summed E-state index contributed by atoms with van der Waals surface area (Å²) in [6.45, 7) is 5.61. The van der Waals surface area contributed by atoms with Crippen molar-refractivity contribution in [3.63, 3.8) is 0 Å². The average Bonchev–Trinajstić information content (AvgIpc) is 0.768. The maximum Gasteiger partial charge on any atom is 0.325 e. The highest BCUT2D eigenvalue weighted by atomic mass is 32.2. The van der Waals surface area contributed by atoms with Gasteiger partial charge >= 0.3 is 19.5 Å². The molecule has 6 rings (SSSR count). The van der Waals surface area contributed by atoms with Gasteiger partial charge < -0.3 is 47.1 Å². The van der Waals surface area contributed by atoms with Crippen LogP contribution >= 0.6 is 19.6 Å². The number of ether oxygens (including phenoxy) is 7. The molecule has 5 aromatic rings. The van der Waals surface area contributed by atoms with Gasteiger partial charge in [0.05, 0.1) is 33.0 Å². The summed E-state index contributed by atoms with van der Waals surface area (Å²) in [5, 5.41) is -0.222. The van der Waals surface area contributed by atoms with Crippen LogP contribution in [0.5, 0.6) is 0 Å². The molecule has 92 heavy (non-hydrogen) atoms. The van der Waals surface area contributed by atoms with E-state index in [0.29, 0.717) is 25.7 Å². The fourth-order valence-electron chi connectivity index (χ4n) is 11.6. The van der Waals surface area contributed by atoms with Crippen molar-refractivity contribution in [1.29, 1.82) is 0 Å². The molecule has 4 unspecified atom stereocenters. The second-order valence-corrected chi connectivity index (χ2v) is 27.5. The van der Waals surface area contributed by atoms with Crippen LogP contribution in [-0.2, 0) is 84.5 Å². The molecule has 1 fully saturated rings. The molecule has 2 N–H and O–H groups in total. The molecule has 0 saturated heterocycles. The van der Waals surface area contributed by atoms with Crippen LogP contribution in [0.25, 0.3) is 0 Å². The van der Waals surface area contributed by atoms with Crippen LogP contribution in [0, 0.1) is 0 Å². The second kappa shape index (κ2) is 47.0. The van der Waals surface area contributed by atoms with Crippen molar-refractivity contribution in [3.05, 3.63) is 192 Å². The van der Waals surface area contributed by atoms with Crippen LogP contribution in [0.3, 0.4) is 0 Å². The summed E-state index contributed by atoms with van der Waals surface area (Å²) in [5.74, 6) is -0.568. The number of allylic oxidation sites excluding steroid dienone is 2. The minimum absolute atomic E-state index is 0.0237. The average molecular weight is 1310 g/mol. The molecule has 0 spiro atoms. The first-order valence-corrected chi connectivity index (χ1v) is 37.3. The Hall–Kier alpha value is -4.96. The van der Waals surface area contributed by atoms with E-state index in [1.165, 1.54) is 12.0 Å². The summed E-state index contributed by atoms with van der Waals surface area (Å²) in [4.78, 5) is 45.6. The van der Waals surface area contributed by atoms with Gasteiger partial charge in [0.2, 0.25) is 0 Å². The molecule has 15 heteroatoms. The first kappa shape index (κ1) is 76.1. The molecule has 8 atom stereocenters. The van der Waals surface area contributed by atoms with Crippen molar-refractivity contribution in [3.8, 4) is 0 Å². The fourth-order valence-corrected chi connectivity index (χ4v) is 13.3. The first-order chi connectivity index (χ1) is 45.1. The molecule has 0 heterocycles. The summed E-state index contributed by atoms with van der Waals surface area (Å²) < 4.78 is 67.3. The van der Waals surface area contributed by atoms with Crippen LogP contribution in [-0.4, -0.2) is 82.5 Å². The van der Waals surface area contributed by atoms with Crippen LogP contribution in [0.2, 0.25) is 0 Å². The molecule has 0 aromatic heterocycles. The first-order valence-electron chi connectivity index (χ1n) is 34.7. The van der Waals surface area contributed by atoms with E-state index >= 15 is 0 Å². The summed E-state index contributed by atoms with van der Waals surface area (Å²) in [5.41, 5.74) is 4.93. The van der Waals surface area contributed by atoms with Gasteiger partial charge in [-0.05, 0) is 91.2 Å². The molecule has 1 aliphatic rings. The lowest BCUT2D eigenvalue weighted by Gasteiger charge is -2.49. The highest BCUT2D eigenvalue weighted by Crippen LogP contribution is 2.40. The third-order valence-corrected chi connectivity index (χ3v) is 18.7. The number of hydrogen-bond acceptors (Lipinski definition) is 12. The number of carbonyl (C=O) groups is 2. The number of hydrogen-bond donors (Lipinski definition) is 2. The van der Waals surface area contributed by atoms with Gasteiger partial charge in [-0.2, -0.15) is 0 Å². The fraction of sp³-hybridized carbons (Fsp3) is 0.558. The number of benzene rings is 5. The standard InChI is InChI=1S/C77H109O13PS/c1-3-5-7-19-39-53-70(78)83-62-68(89-71(79)54-40-20-8-6-4-2)56-69(52-38-21-17-15-13-11-9-10-12-14-16-18-22-41-55-91(80,81)82)92-90-77-75(87-60-66-48-34-26-35-49-66)73(85-58-64-44-30-24-31-45-64)72(84-57-63-42-28-23-29-43-63)74(86-59-65-46-32-25-33-47-65)76(77)88-61-67-50-36-27-37-51-67/h9,11,23-37,42-51,68-69,72-77H,3-8,10,12-22,38-41,52-62H2,1-2H3,(H2,80,81,82)/b11-9-/t68?,69?,72?,73-,74+,75-,76-,77?/m0/s1. The zero-order valence-electron chi connectivity index (χ0n) is 55.3. The lowest BCUT2D eigenvalue weighted by Crippen LogP contribution is -2.67. The Bertz CT molecular complexity index is 2620. The minimum Gasteiger partial charge on any atom is -0.462 e. The Morgan fingerprint density at radius 2 is 0.772 bits per heavy atom. The van der Waals surface area contributed by atoms with Crippen LogP contribution in [0.15, 0.2) is 164 Å². The predicted molar refractivity (Wildman–Crippen MR) is 370 cm³/mol. The molecule has 0 amide bonds. The molecule has 506 valence electrons. The van der Waals surface area contributed by atoms with E-state index in [0.717, 1.165) is 169 Å². The number of carbonyl (C=O) groups excluding carboxylic acids is 2. The van der Waals surface area contributed by atoms with Crippen LogP contribution in [0.4, 0.5) is 0 Å². The number of unbranched alkanes of at least 4 members (excludes halogenated alkanes) is 18. The maximum atomic E-state index is 13.9. The third-order valence-electron chi connectivity index (χ3n) is 16.8. The second-order valence-electron chi connectivity index (χ2n) is 24.7. The largest absolute Gasteiger partial charge is 0.462 e. The summed E-state index contributed by atoms with van der Waals surface area (Å²) in [6.07, 6.45) is 22.8. The van der Waals surface area contributed by atoms with Gasteiger partial charge in [-0.1, -0.05) is 274 Å². The van der Waals surface area contributed by atoms with E-state index in [1.807, 2.05) is 91.0 Å². The van der Waals surface area contributed by atoms with Crippen molar-refractivity contribution in [1.82, 2.24) is 0 Å². The minimum atomic E-state index is -3.91. The SMILES string of the molecule is CCCCCCCC(=O)OCC(CC(CCCCCC/C=C\CCCCCCCCP(=O)(O)O)SOC1[C@@H](OCc2ccccc2)[C@H](OCc2ccccc2)C(OCc2ccccc2)[C@H](OCc2ccccc2)[C@@H]1OCc1ccccc1)OC(=O)CCCCCCC. The molecule has 0 radical (unpaired) electrons. The van der Waals surface area contributed by atoms with Crippen molar-refractivity contribution in [2.24, 2.45) is 0 Å². The highest BCUT2D eigenvalue weighted by Gasteiger charge is 2.55. The summed E-state index contributed by atoms with van der Waals surface area (Å²) in [7, 11) is -3.91. The Kier molecular flexibility index (Phi) is 38.9. The molecule has 1 saturated carbocycles. The third kappa shape index (κ3) is 32.5. The van der Waals surface area contributed by atoms with Crippen molar-refractivity contribution < 1.29 is 61.3 Å². The number of esters is 2. The van der Waals surface area contributed by atoms with E-state index < -0.39 is 50.3 Å². The Morgan fingerprint density at radius 1 is 0.435 bits per heavy atom. The predicted octanol–water partition coefficient (Wildman–Crippen LogP) is 18.7. The number of rotatable bonds is 51. The molecule has 13 nitrogen and oxygen atoms in total. The highest BCUT2D eigenvalue weighted by molar-refractivity contribution is 7.95. The monoisotopic (exact) mass is 1300 g/mol. The summed E-state index contributed by atoms with van der Waals surface area (Å²) >= 11 is 1.36. The quantitative estimate of drug-likeness (QED) is 0.0124. The Balaban J connectivity index is 1.32. The normalized spacial score (nSPS) is 18.2. The van der Waals surface area contributed by atoms with Gasteiger partial charge in [0, 0.05) is 30.7 Å². The van der Waals surface area contributed by atoms with E-state index in [1.54, 1.807) is 0 Å². The Labute approximate surface area is 556 Å². The van der Waals surface area contributed by atoms with E-state index in [2.05, 4.69) is 86.7 Å². The van der Waals surface area contributed by atoms with Gasteiger partial charge in [0.25, 0.3) is 0 Å². The molecule has 0 aliphatic heterocycles. The zero-order valence-corrected chi connectivity index (χ0v) is 57.0. The summed E-state index contributed by atoms with van der Waals surface area (Å²) in [6, 6.07) is 50.7. The van der Waals surface area contributed by atoms with E-state index in [4.69, 9.17) is 47.1 Å². The Morgan fingerprint density at radius 3 is 1.16 bits per heavy atom. The lowest BCUT2D eigenvalue weighted by molar-refractivity contribution is -0.277. The van der Waals surface area contributed by atoms with Gasteiger partial charge in [0.1, 0.15) is 49.3 Å². The molecular weight excluding hydrogens is 1200 g/mol. The lowest BCUT2D eigenvalue weighted by atomic mass is 9.83. The topological polar surface area (TPSA) is 166 Å².